The number of rotatable bonds is 3. The lowest BCUT2D eigenvalue weighted by Gasteiger charge is -2.41. The molecule has 0 atom stereocenters. The van der Waals surface area contributed by atoms with Crippen LogP contribution in [0, 0.1) is 2.88 Å². The second kappa shape index (κ2) is 4.71. The van der Waals surface area contributed by atoms with Crippen molar-refractivity contribution >= 4 is 55.8 Å². The molecule has 0 aliphatic heterocycles. The number of nitrogens with one attached hydrogen (secondary N) is 1. The van der Waals surface area contributed by atoms with E-state index in [0.29, 0.717) is 0 Å². The molecule has 0 spiro atoms. The van der Waals surface area contributed by atoms with E-state index in [1.54, 1.807) is 11.3 Å². The lowest BCUT2D eigenvalue weighted by atomic mass is 9.78. The highest BCUT2D eigenvalue weighted by Gasteiger charge is 2.37. The Hall–Kier alpha value is 0.380. The average molecular weight is 400 g/mol. The molecule has 1 aliphatic rings. The maximum Gasteiger partial charge on any atom is 0.252 e. The number of carbonyl (C=O) groups is 1. The van der Waals surface area contributed by atoms with Crippen molar-refractivity contribution < 1.29 is 4.79 Å². The minimum absolute atomic E-state index is 0.0183. The molecule has 0 radical (unpaired) electrons. The molecule has 1 heterocycles. The molecule has 1 aliphatic carbocycles. The van der Waals surface area contributed by atoms with Crippen LogP contribution in [0.4, 0.5) is 0 Å². The van der Waals surface area contributed by atoms with Crippen LogP contribution in [0.1, 0.15) is 29.6 Å². The molecule has 0 saturated heterocycles. The van der Waals surface area contributed by atoms with Crippen molar-refractivity contribution in [3.63, 3.8) is 0 Å². The summed E-state index contributed by atoms with van der Waals surface area (Å²) in [6, 6.07) is 1.93. The van der Waals surface area contributed by atoms with E-state index >= 15 is 0 Å². The Morgan fingerprint density at radius 3 is 2.80 bits per heavy atom. The van der Waals surface area contributed by atoms with Gasteiger partial charge in [0.25, 0.3) is 5.91 Å². The minimum atomic E-state index is 0.0183. The van der Waals surface area contributed by atoms with Gasteiger partial charge in [0.05, 0.1) is 14.0 Å². The van der Waals surface area contributed by atoms with E-state index in [1.807, 2.05) is 11.4 Å². The van der Waals surface area contributed by atoms with Gasteiger partial charge >= 0.3 is 0 Å². The van der Waals surface area contributed by atoms with Gasteiger partial charge in [0, 0.05) is 10.7 Å². The summed E-state index contributed by atoms with van der Waals surface area (Å²) < 4.78 is 1.15. The van der Waals surface area contributed by atoms with Crippen molar-refractivity contribution in [1.82, 2.24) is 5.32 Å². The standard InChI is InChI=1S/C10H11BrINOS/c11-6-10(2-1-3-10)13-9(14)7-4-8(12)15-5-7/h4-5H,1-3,6H2,(H,13,14). The number of hydrogen-bond donors (Lipinski definition) is 1. The zero-order chi connectivity index (χ0) is 10.9. The van der Waals surface area contributed by atoms with Gasteiger partial charge in [-0.2, -0.15) is 0 Å². The van der Waals surface area contributed by atoms with Crippen LogP contribution < -0.4 is 5.32 Å². The number of carbonyl (C=O) groups excluding carboxylic acids is 1. The SMILES string of the molecule is O=C(NC1(CBr)CCC1)c1csc(I)c1. The van der Waals surface area contributed by atoms with E-state index in [1.165, 1.54) is 6.42 Å². The predicted molar refractivity (Wildman–Crippen MR) is 74.9 cm³/mol. The number of alkyl halides is 1. The van der Waals surface area contributed by atoms with E-state index in [9.17, 15) is 4.79 Å². The molecule has 5 heteroatoms. The Labute approximate surface area is 115 Å². The molecule has 82 valence electrons. The van der Waals surface area contributed by atoms with Crippen LogP contribution in [-0.4, -0.2) is 16.8 Å². The van der Waals surface area contributed by atoms with Crippen LogP contribution in [0.3, 0.4) is 0 Å². The number of thiophene rings is 1. The Kier molecular flexibility index (Phi) is 3.72. The maximum atomic E-state index is 11.9. The lowest BCUT2D eigenvalue weighted by molar-refractivity contribution is 0.0857. The van der Waals surface area contributed by atoms with E-state index in [2.05, 4.69) is 43.8 Å². The lowest BCUT2D eigenvalue weighted by Crippen LogP contribution is -2.54. The summed E-state index contributed by atoms with van der Waals surface area (Å²) in [5.74, 6) is 0.0633. The fourth-order valence-corrected chi connectivity index (χ4v) is 3.67. The highest BCUT2D eigenvalue weighted by Crippen LogP contribution is 2.33. The molecule has 2 rings (SSSR count). The van der Waals surface area contributed by atoms with E-state index in [-0.39, 0.29) is 11.4 Å². The van der Waals surface area contributed by atoms with Crippen molar-refractivity contribution in [2.75, 3.05) is 5.33 Å². The molecule has 1 aromatic heterocycles. The van der Waals surface area contributed by atoms with Crippen molar-refractivity contribution in [1.29, 1.82) is 0 Å². The van der Waals surface area contributed by atoms with Crippen molar-refractivity contribution in [3.8, 4) is 0 Å². The molecule has 1 aromatic rings. The maximum absolute atomic E-state index is 11.9. The van der Waals surface area contributed by atoms with Gasteiger partial charge in [0.2, 0.25) is 0 Å². The Morgan fingerprint density at radius 1 is 1.67 bits per heavy atom. The number of amides is 1. The van der Waals surface area contributed by atoms with Gasteiger partial charge in [0.1, 0.15) is 0 Å². The van der Waals surface area contributed by atoms with E-state index in [0.717, 1.165) is 26.6 Å². The summed E-state index contributed by atoms with van der Waals surface area (Å²) >= 11 is 7.32. The molecule has 1 saturated carbocycles. The summed E-state index contributed by atoms with van der Waals surface area (Å²) in [6.45, 7) is 0. The van der Waals surface area contributed by atoms with Gasteiger partial charge in [-0.25, -0.2) is 0 Å². The minimum Gasteiger partial charge on any atom is -0.346 e. The van der Waals surface area contributed by atoms with Crippen LogP contribution >= 0.6 is 49.9 Å². The molecule has 2 nitrogen and oxygen atoms in total. The average Bonchev–Trinajstić information content (AvgIpc) is 2.58. The first kappa shape index (κ1) is 11.9. The molecule has 1 N–H and O–H groups in total. The molecule has 1 fully saturated rings. The summed E-state index contributed by atoms with van der Waals surface area (Å²) in [7, 11) is 0. The van der Waals surface area contributed by atoms with Crippen LogP contribution in [-0.2, 0) is 0 Å². The summed E-state index contributed by atoms with van der Waals surface area (Å²) in [4.78, 5) is 11.9. The monoisotopic (exact) mass is 399 g/mol. The second-order valence-corrected chi connectivity index (χ2v) is 7.23. The Balaban J connectivity index is 2.03. The van der Waals surface area contributed by atoms with Gasteiger partial charge in [0.15, 0.2) is 0 Å². The smallest absolute Gasteiger partial charge is 0.252 e. The predicted octanol–water partition coefficient (Wildman–Crippen LogP) is 3.40. The quantitative estimate of drug-likeness (QED) is 0.612. The van der Waals surface area contributed by atoms with Crippen LogP contribution in [0.25, 0.3) is 0 Å². The zero-order valence-electron chi connectivity index (χ0n) is 8.06. The van der Waals surface area contributed by atoms with Gasteiger partial charge in [-0.3, -0.25) is 4.79 Å². The van der Waals surface area contributed by atoms with Crippen molar-refractivity contribution in [2.24, 2.45) is 0 Å². The third-order valence-electron chi connectivity index (χ3n) is 2.77. The van der Waals surface area contributed by atoms with Gasteiger partial charge < -0.3 is 5.32 Å². The van der Waals surface area contributed by atoms with Crippen molar-refractivity contribution in [2.45, 2.75) is 24.8 Å². The Bertz CT molecular complexity index is 370. The zero-order valence-corrected chi connectivity index (χ0v) is 12.6. The fraction of sp³-hybridized carbons (Fsp3) is 0.500. The third kappa shape index (κ3) is 2.55. The molecule has 1 amide bonds. The van der Waals surface area contributed by atoms with E-state index in [4.69, 9.17) is 0 Å². The number of hydrogen-bond acceptors (Lipinski definition) is 2. The van der Waals surface area contributed by atoms with Gasteiger partial charge in [-0.05, 0) is 47.9 Å². The molecule has 0 bridgehead atoms. The first-order chi connectivity index (χ1) is 7.15. The highest BCUT2D eigenvalue weighted by molar-refractivity contribution is 14.1. The number of halogens is 2. The molecular formula is C10H11BrINOS. The summed E-state index contributed by atoms with van der Waals surface area (Å²) in [6.07, 6.45) is 3.39. The summed E-state index contributed by atoms with van der Waals surface area (Å²) in [5, 5.41) is 5.90. The first-order valence-electron chi connectivity index (χ1n) is 4.78. The van der Waals surface area contributed by atoms with Crippen LogP contribution in [0.5, 0.6) is 0 Å². The second-order valence-electron chi connectivity index (χ2n) is 3.86. The molecule has 0 aromatic carbocycles. The topological polar surface area (TPSA) is 29.1 Å². The molecule has 0 unspecified atom stereocenters. The largest absolute Gasteiger partial charge is 0.346 e. The van der Waals surface area contributed by atoms with Crippen LogP contribution in [0.15, 0.2) is 11.4 Å². The Morgan fingerprint density at radius 2 is 2.40 bits per heavy atom. The first-order valence-corrected chi connectivity index (χ1v) is 7.86. The van der Waals surface area contributed by atoms with Crippen LogP contribution in [0.2, 0.25) is 0 Å². The molecular weight excluding hydrogens is 389 g/mol. The highest BCUT2D eigenvalue weighted by atomic mass is 127. The molecule has 15 heavy (non-hydrogen) atoms. The van der Waals surface area contributed by atoms with Gasteiger partial charge in [-0.15, -0.1) is 11.3 Å². The normalized spacial score (nSPS) is 18.3. The van der Waals surface area contributed by atoms with Gasteiger partial charge in [-0.1, -0.05) is 15.9 Å². The fourth-order valence-electron chi connectivity index (χ4n) is 1.64. The van der Waals surface area contributed by atoms with E-state index < -0.39 is 0 Å². The summed E-state index contributed by atoms with van der Waals surface area (Å²) in [5.41, 5.74) is 0.807. The third-order valence-corrected chi connectivity index (χ3v) is 5.64. The van der Waals surface area contributed by atoms with Crippen molar-refractivity contribution in [3.05, 3.63) is 19.9 Å².